The van der Waals surface area contributed by atoms with Gasteiger partial charge in [-0.1, -0.05) is 0 Å². The summed E-state index contributed by atoms with van der Waals surface area (Å²) in [5.74, 6) is -0.937. The summed E-state index contributed by atoms with van der Waals surface area (Å²) in [6.45, 7) is 13.1. The van der Waals surface area contributed by atoms with E-state index in [0.717, 1.165) is 13.0 Å². The van der Waals surface area contributed by atoms with Gasteiger partial charge in [0.05, 0.1) is 17.1 Å². The highest BCUT2D eigenvalue weighted by Crippen LogP contribution is 2.25. The van der Waals surface area contributed by atoms with Crippen LogP contribution in [0.4, 0.5) is 17.1 Å². The van der Waals surface area contributed by atoms with Gasteiger partial charge in [-0.2, -0.15) is 0 Å². The van der Waals surface area contributed by atoms with Gasteiger partial charge in [-0.25, -0.2) is 0 Å². The van der Waals surface area contributed by atoms with E-state index in [0.29, 0.717) is 47.1 Å². The summed E-state index contributed by atoms with van der Waals surface area (Å²) in [5, 5.41) is 11.3. The van der Waals surface area contributed by atoms with Crippen LogP contribution in [-0.2, 0) is 4.79 Å². The van der Waals surface area contributed by atoms with Gasteiger partial charge in [-0.05, 0) is 86.8 Å². The topological polar surface area (TPSA) is 134 Å². The van der Waals surface area contributed by atoms with Crippen molar-refractivity contribution in [1.29, 1.82) is 0 Å². The van der Waals surface area contributed by atoms with Crippen molar-refractivity contribution in [3.63, 3.8) is 0 Å². The second-order valence-electron chi connectivity index (χ2n) is 11.4. The fourth-order valence-electron chi connectivity index (χ4n) is 4.63. The van der Waals surface area contributed by atoms with Gasteiger partial charge in [-0.3, -0.25) is 19.2 Å². The average Bonchev–Trinajstić information content (AvgIpc) is 3.63. The molecule has 0 spiro atoms. The number of carbonyl (C=O) groups is 4. The summed E-state index contributed by atoms with van der Waals surface area (Å²) >= 11 is 0. The number of amides is 4. The van der Waals surface area contributed by atoms with Gasteiger partial charge in [-0.15, -0.1) is 0 Å². The van der Waals surface area contributed by atoms with Crippen molar-refractivity contribution in [1.82, 2.24) is 23.9 Å². The van der Waals surface area contributed by atoms with Crippen LogP contribution in [0.25, 0.3) is 0 Å². The van der Waals surface area contributed by atoms with Gasteiger partial charge in [0.1, 0.15) is 17.1 Å². The molecule has 0 atom stereocenters. The fourth-order valence-corrected chi connectivity index (χ4v) is 4.63. The summed E-state index contributed by atoms with van der Waals surface area (Å²) in [7, 11) is 3.98. The van der Waals surface area contributed by atoms with Gasteiger partial charge in [0.15, 0.2) is 0 Å². The fraction of sp³-hybridized carbons (Fsp3) is 0.467. The number of nitrogens with one attached hydrogen (secondary N) is 4. The second-order valence-corrected chi connectivity index (χ2v) is 11.4. The maximum atomic E-state index is 13.5. The van der Waals surface area contributed by atoms with Crippen molar-refractivity contribution in [2.75, 3.05) is 43.1 Å². The molecule has 0 aliphatic carbocycles. The predicted molar refractivity (Wildman–Crippen MR) is 166 cm³/mol. The number of aromatic nitrogens is 3. The Balaban J connectivity index is 1.80. The zero-order valence-electron chi connectivity index (χ0n) is 25.8. The summed E-state index contributed by atoms with van der Waals surface area (Å²) in [6, 6.07) is 4.83. The SMILES string of the molecule is CC(C)n1cc(NC(=O)c2cc(NC(=O)c3cc(NC=O)cn3C(C)C)cn2C(C)C)cc1C(=O)NCCCN(C)C. The van der Waals surface area contributed by atoms with Gasteiger partial charge in [0.2, 0.25) is 6.41 Å². The molecule has 12 nitrogen and oxygen atoms in total. The molecule has 0 aromatic carbocycles. The van der Waals surface area contributed by atoms with Gasteiger partial charge in [0.25, 0.3) is 17.7 Å². The second kappa shape index (κ2) is 14.0. The van der Waals surface area contributed by atoms with E-state index < -0.39 is 0 Å². The molecule has 0 aliphatic heterocycles. The van der Waals surface area contributed by atoms with E-state index in [-0.39, 0.29) is 35.8 Å². The molecule has 0 aliphatic rings. The smallest absolute Gasteiger partial charge is 0.272 e. The highest BCUT2D eigenvalue weighted by molar-refractivity contribution is 6.07. The monoisotopic (exact) mass is 580 g/mol. The summed E-state index contributed by atoms with van der Waals surface area (Å²) < 4.78 is 5.38. The molecule has 3 aromatic heterocycles. The molecule has 3 aromatic rings. The number of rotatable bonds is 14. The van der Waals surface area contributed by atoms with Crippen molar-refractivity contribution in [2.45, 2.75) is 66.1 Å². The lowest BCUT2D eigenvalue weighted by Gasteiger charge is -2.13. The maximum absolute atomic E-state index is 13.5. The lowest BCUT2D eigenvalue weighted by Crippen LogP contribution is -2.29. The van der Waals surface area contributed by atoms with E-state index in [1.807, 2.05) is 60.2 Å². The molecule has 3 heterocycles. The van der Waals surface area contributed by atoms with Gasteiger partial charge >= 0.3 is 0 Å². The number of hydrogen-bond donors (Lipinski definition) is 4. The number of anilines is 3. The lowest BCUT2D eigenvalue weighted by molar-refractivity contribution is -0.105. The van der Waals surface area contributed by atoms with E-state index in [1.165, 1.54) is 0 Å². The minimum absolute atomic E-state index is 0.00607. The maximum Gasteiger partial charge on any atom is 0.272 e. The van der Waals surface area contributed by atoms with Crippen LogP contribution in [-0.4, -0.2) is 69.9 Å². The van der Waals surface area contributed by atoms with Crippen molar-refractivity contribution in [3.8, 4) is 0 Å². The molecular formula is C30H44N8O4. The molecule has 3 rings (SSSR count). The molecule has 0 unspecified atom stereocenters. The summed E-state index contributed by atoms with van der Waals surface area (Å²) in [6.07, 6.45) is 6.57. The van der Waals surface area contributed by atoms with Crippen LogP contribution >= 0.6 is 0 Å². The Hall–Kier alpha value is -4.32. The van der Waals surface area contributed by atoms with Crippen LogP contribution < -0.4 is 21.3 Å². The number of carbonyl (C=O) groups excluding carboxylic acids is 4. The van der Waals surface area contributed by atoms with Crippen molar-refractivity contribution < 1.29 is 19.2 Å². The van der Waals surface area contributed by atoms with Gasteiger partial charge in [0, 0.05) is 43.3 Å². The van der Waals surface area contributed by atoms with Crippen LogP contribution in [0.5, 0.6) is 0 Å². The molecule has 0 saturated heterocycles. The van der Waals surface area contributed by atoms with Crippen molar-refractivity contribution in [3.05, 3.63) is 53.9 Å². The molecule has 12 heteroatoms. The number of nitrogens with zero attached hydrogens (tertiary/aromatic N) is 4. The molecular weight excluding hydrogens is 536 g/mol. The van der Waals surface area contributed by atoms with E-state index in [9.17, 15) is 19.2 Å². The standard InChI is InChI=1S/C30H44N8O4/c1-19(2)36-15-22(32-18-39)12-26(36)29(41)34-24-14-27(38(17-24)21(5)6)30(42)33-23-13-25(37(16-23)20(3)4)28(40)31-10-9-11-35(7)8/h12-21H,9-11H2,1-8H3,(H,31,40)(H,32,39)(H,33,42)(H,34,41). The molecule has 4 N–H and O–H groups in total. The first-order valence-electron chi connectivity index (χ1n) is 14.2. The molecule has 228 valence electrons. The quantitative estimate of drug-likeness (QED) is 0.163. The summed E-state index contributed by atoms with van der Waals surface area (Å²) in [4.78, 5) is 52.6. The highest BCUT2D eigenvalue weighted by Gasteiger charge is 2.22. The van der Waals surface area contributed by atoms with E-state index >= 15 is 0 Å². The van der Waals surface area contributed by atoms with E-state index in [1.54, 1.807) is 45.9 Å². The first-order valence-corrected chi connectivity index (χ1v) is 14.2. The zero-order chi connectivity index (χ0) is 31.1. The molecule has 4 amide bonds. The Morgan fingerprint density at radius 1 is 0.714 bits per heavy atom. The molecule has 0 bridgehead atoms. The van der Waals surface area contributed by atoms with Crippen molar-refractivity contribution in [2.24, 2.45) is 0 Å². The Bertz CT molecular complexity index is 1410. The van der Waals surface area contributed by atoms with Gasteiger partial charge < -0.3 is 39.9 Å². The van der Waals surface area contributed by atoms with Crippen LogP contribution in [0, 0.1) is 0 Å². The largest absolute Gasteiger partial charge is 0.351 e. The van der Waals surface area contributed by atoms with Crippen LogP contribution in [0.2, 0.25) is 0 Å². The molecule has 0 saturated carbocycles. The van der Waals surface area contributed by atoms with Crippen LogP contribution in [0.3, 0.4) is 0 Å². The van der Waals surface area contributed by atoms with Crippen LogP contribution in [0.1, 0.15) is 97.6 Å². The predicted octanol–water partition coefficient (Wildman–Crippen LogP) is 4.59. The Kier molecular flexibility index (Phi) is 10.8. The average molecular weight is 581 g/mol. The molecule has 0 fully saturated rings. The Morgan fingerprint density at radius 2 is 1.12 bits per heavy atom. The molecule has 0 radical (unpaired) electrons. The van der Waals surface area contributed by atoms with E-state index in [4.69, 9.17) is 0 Å². The Morgan fingerprint density at radius 3 is 1.52 bits per heavy atom. The first kappa shape index (κ1) is 32.2. The van der Waals surface area contributed by atoms with Crippen molar-refractivity contribution >= 4 is 41.2 Å². The third kappa shape index (κ3) is 7.90. The number of hydrogen-bond acceptors (Lipinski definition) is 5. The normalized spacial score (nSPS) is 11.4. The first-order chi connectivity index (χ1) is 19.8. The zero-order valence-corrected chi connectivity index (χ0v) is 25.8. The molecule has 42 heavy (non-hydrogen) atoms. The highest BCUT2D eigenvalue weighted by atomic mass is 16.2. The Labute approximate surface area is 247 Å². The minimum Gasteiger partial charge on any atom is -0.351 e. The van der Waals surface area contributed by atoms with E-state index in [2.05, 4.69) is 26.2 Å². The van der Waals surface area contributed by atoms with Crippen LogP contribution in [0.15, 0.2) is 36.8 Å². The lowest BCUT2D eigenvalue weighted by atomic mass is 10.3. The third-order valence-corrected chi connectivity index (χ3v) is 6.72. The summed E-state index contributed by atoms with van der Waals surface area (Å²) in [5.41, 5.74) is 2.67. The minimum atomic E-state index is -0.370. The third-order valence-electron chi connectivity index (χ3n) is 6.72.